The fraction of sp³-hybridized carbons (Fsp3) is 0.278. The lowest BCUT2D eigenvalue weighted by atomic mass is 10.2. The molecule has 1 atom stereocenters. The summed E-state index contributed by atoms with van der Waals surface area (Å²) in [5, 5.41) is 2.01. The summed E-state index contributed by atoms with van der Waals surface area (Å²) >= 11 is 5.80. The zero-order chi connectivity index (χ0) is 21.8. The highest BCUT2D eigenvalue weighted by Gasteiger charge is 2.36. The Bertz CT molecular complexity index is 966. The summed E-state index contributed by atoms with van der Waals surface area (Å²) < 4.78 is 69.9. The number of hydrogen-bond acceptors (Lipinski definition) is 4. The number of methoxy groups -OCH3 is 1. The number of carbonyl (C=O) groups is 1. The Morgan fingerprint density at radius 2 is 1.76 bits per heavy atom. The Labute approximate surface area is 171 Å². The van der Waals surface area contributed by atoms with Gasteiger partial charge in [-0.15, -0.1) is 0 Å². The van der Waals surface area contributed by atoms with Crippen LogP contribution in [-0.4, -0.2) is 40.2 Å². The lowest BCUT2D eigenvalue weighted by molar-refractivity contribution is -0.138. The molecule has 2 aromatic rings. The average molecular weight is 451 g/mol. The van der Waals surface area contributed by atoms with Crippen molar-refractivity contribution in [3.05, 3.63) is 53.6 Å². The van der Waals surface area contributed by atoms with Crippen LogP contribution in [-0.2, 0) is 14.8 Å². The first kappa shape index (κ1) is 22.8. The first-order valence-electron chi connectivity index (χ1n) is 8.25. The molecule has 0 spiro atoms. The van der Waals surface area contributed by atoms with E-state index in [2.05, 4.69) is 0 Å². The van der Waals surface area contributed by atoms with Crippen molar-refractivity contribution in [1.29, 1.82) is 0 Å². The number of nitrogens with one attached hydrogen (secondary N) is 1. The van der Waals surface area contributed by atoms with Crippen molar-refractivity contribution >= 4 is 33.2 Å². The number of rotatable bonds is 7. The number of hydrogen-bond donors (Lipinski definition) is 1. The van der Waals surface area contributed by atoms with Gasteiger partial charge in [0.25, 0.3) is 10.0 Å². The van der Waals surface area contributed by atoms with Crippen LogP contribution in [0.5, 0.6) is 5.75 Å². The molecule has 6 nitrogen and oxygen atoms in total. The zero-order valence-electron chi connectivity index (χ0n) is 15.4. The molecule has 158 valence electrons. The van der Waals surface area contributed by atoms with Crippen molar-refractivity contribution in [2.24, 2.45) is 0 Å². The van der Waals surface area contributed by atoms with E-state index in [4.69, 9.17) is 16.3 Å². The normalized spacial score (nSPS) is 12.9. The highest BCUT2D eigenvalue weighted by atomic mass is 35.5. The van der Waals surface area contributed by atoms with Crippen molar-refractivity contribution in [3.63, 3.8) is 0 Å². The second kappa shape index (κ2) is 8.91. The summed E-state index contributed by atoms with van der Waals surface area (Å²) in [7, 11) is -3.04. The van der Waals surface area contributed by atoms with E-state index in [0.29, 0.717) is 5.02 Å². The molecule has 0 saturated heterocycles. The summed E-state index contributed by atoms with van der Waals surface area (Å²) in [4.78, 5) is 12.2. The number of benzene rings is 2. The Kier molecular flexibility index (Phi) is 7.02. The van der Waals surface area contributed by atoms with Gasteiger partial charge in [-0.2, -0.15) is 13.2 Å². The van der Waals surface area contributed by atoms with Gasteiger partial charge < -0.3 is 10.1 Å². The third kappa shape index (κ3) is 5.54. The number of anilines is 1. The number of sulfonamides is 1. The molecule has 29 heavy (non-hydrogen) atoms. The second-order valence-corrected chi connectivity index (χ2v) is 8.19. The van der Waals surface area contributed by atoms with Gasteiger partial charge in [-0.1, -0.05) is 23.7 Å². The molecule has 0 unspecified atom stereocenters. The van der Waals surface area contributed by atoms with E-state index in [0.717, 1.165) is 4.31 Å². The Hall–Kier alpha value is -2.46. The fourth-order valence-corrected chi connectivity index (χ4v) is 4.27. The molecule has 0 radical (unpaired) electrons. The number of carbonyl (C=O) groups excluding carboxylic acids is 1. The number of alkyl halides is 3. The van der Waals surface area contributed by atoms with Gasteiger partial charge in [-0.25, -0.2) is 8.42 Å². The first-order chi connectivity index (χ1) is 13.5. The van der Waals surface area contributed by atoms with Gasteiger partial charge in [-0.3, -0.25) is 9.10 Å². The highest BCUT2D eigenvalue weighted by molar-refractivity contribution is 7.93. The van der Waals surface area contributed by atoms with E-state index in [9.17, 15) is 26.4 Å². The van der Waals surface area contributed by atoms with Gasteiger partial charge in [-0.05, 0) is 43.3 Å². The van der Waals surface area contributed by atoms with Crippen LogP contribution < -0.4 is 14.4 Å². The van der Waals surface area contributed by atoms with Crippen LogP contribution in [0.15, 0.2) is 53.4 Å². The fourth-order valence-electron chi connectivity index (χ4n) is 2.52. The lowest BCUT2D eigenvalue weighted by Crippen LogP contribution is -2.50. The average Bonchev–Trinajstić information content (AvgIpc) is 2.66. The monoisotopic (exact) mass is 450 g/mol. The minimum Gasteiger partial charge on any atom is -0.495 e. The molecule has 0 aliphatic rings. The van der Waals surface area contributed by atoms with E-state index in [-0.39, 0.29) is 16.3 Å². The van der Waals surface area contributed by atoms with E-state index < -0.39 is 34.7 Å². The van der Waals surface area contributed by atoms with Crippen LogP contribution in [0.3, 0.4) is 0 Å². The van der Waals surface area contributed by atoms with Crippen LogP contribution >= 0.6 is 11.6 Å². The molecule has 0 aliphatic heterocycles. The van der Waals surface area contributed by atoms with E-state index in [1.54, 1.807) is 11.4 Å². The van der Waals surface area contributed by atoms with Crippen molar-refractivity contribution in [2.45, 2.75) is 24.0 Å². The smallest absolute Gasteiger partial charge is 0.405 e. The highest BCUT2D eigenvalue weighted by Crippen LogP contribution is 2.34. The Morgan fingerprint density at radius 3 is 2.31 bits per heavy atom. The molecule has 2 aromatic carbocycles. The van der Waals surface area contributed by atoms with Crippen LogP contribution in [0, 0.1) is 0 Å². The molecule has 11 heteroatoms. The van der Waals surface area contributed by atoms with Crippen molar-refractivity contribution in [2.75, 3.05) is 18.0 Å². The van der Waals surface area contributed by atoms with Crippen LogP contribution in [0.2, 0.25) is 5.02 Å². The molecular formula is C18H18ClF3N2O4S. The van der Waals surface area contributed by atoms with Gasteiger partial charge >= 0.3 is 6.18 Å². The molecule has 0 bridgehead atoms. The lowest BCUT2D eigenvalue weighted by Gasteiger charge is -2.30. The predicted octanol–water partition coefficient (Wildman–Crippen LogP) is 3.61. The summed E-state index contributed by atoms with van der Waals surface area (Å²) in [5.74, 6) is -0.994. The van der Waals surface area contributed by atoms with E-state index in [1.807, 2.05) is 0 Å². The minimum absolute atomic E-state index is 0.000362. The molecule has 0 heterocycles. The van der Waals surface area contributed by atoms with E-state index >= 15 is 0 Å². The quantitative estimate of drug-likeness (QED) is 0.699. The maximum absolute atomic E-state index is 13.3. The maximum Gasteiger partial charge on any atom is 0.405 e. The molecule has 1 N–H and O–H groups in total. The summed E-state index contributed by atoms with van der Waals surface area (Å²) in [5.41, 5.74) is -0.000362. The third-order valence-corrected chi connectivity index (χ3v) is 6.04. The first-order valence-corrected chi connectivity index (χ1v) is 10.1. The molecule has 0 saturated carbocycles. The SMILES string of the molecule is COc1ccccc1N([C@H](C)C(=O)NCC(F)(F)F)S(=O)(=O)c1ccc(Cl)cc1. The standard InChI is InChI=1S/C18H18ClF3N2O4S/c1-12(17(25)23-11-18(20,21)22)24(15-5-3-4-6-16(15)28-2)29(26,27)14-9-7-13(19)8-10-14/h3-10,12H,11H2,1-2H3,(H,23,25)/t12-/m1/s1. The van der Waals surface area contributed by atoms with Crippen LogP contribution in [0.25, 0.3) is 0 Å². The Balaban J connectivity index is 2.54. The third-order valence-electron chi connectivity index (χ3n) is 3.89. The molecule has 0 fully saturated rings. The summed E-state index contributed by atoms with van der Waals surface area (Å²) in [6, 6.07) is 9.63. The summed E-state index contributed by atoms with van der Waals surface area (Å²) in [6.45, 7) is -0.400. The van der Waals surface area contributed by atoms with Crippen LogP contribution in [0.4, 0.5) is 18.9 Å². The molecule has 0 aromatic heterocycles. The molecule has 0 aliphatic carbocycles. The van der Waals surface area contributed by atoms with E-state index in [1.165, 1.54) is 56.5 Å². The molecule has 1 amide bonds. The number of nitrogens with zero attached hydrogens (tertiary/aromatic N) is 1. The number of para-hydroxylation sites is 2. The number of ether oxygens (including phenoxy) is 1. The van der Waals surface area contributed by atoms with Gasteiger partial charge in [0, 0.05) is 5.02 Å². The van der Waals surface area contributed by atoms with Crippen molar-refractivity contribution in [1.82, 2.24) is 5.32 Å². The largest absolute Gasteiger partial charge is 0.495 e. The van der Waals surface area contributed by atoms with Gasteiger partial charge in [0.1, 0.15) is 18.3 Å². The number of amides is 1. The van der Waals surface area contributed by atoms with Crippen molar-refractivity contribution in [3.8, 4) is 5.75 Å². The molecular weight excluding hydrogens is 433 g/mol. The maximum atomic E-state index is 13.3. The second-order valence-electron chi connectivity index (χ2n) is 5.94. The van der Waals surface area contributed by atoms with Crippen LogP contribution in [0.1, 0.15) is 6.92 Å². The Morgan fingerprint density at radius 1 is 1.17 bits per heavy atom. The minimum atomic E-state index is -4.64. The zero-order valence-corrected chi connectivity index (χ0v) is 17.0. The van der Waals surface area contributed by atoms with Crippen molar-refractivity contribution < 1.29 is 31.1 Å². The predicted molar refractivity (Wildman–Crippen MR) is 103 cm³/mol. The summed E-state index contributed by atoms with van der Waals surface area (Å²) in [6.07, 6.45) is -4.64. The van der Waals surface area contributed by atoms with Gasteiger partial charge in [0.2, 0.25) is 5.91 Å². The molecule has 2 rings (SSSR count). The van der Waals surface area contributed by atoms with Gasteiger partial charge in [0.15, 0.2) is 0 Å². The topological polar surface area (TPSA) is 75.7 Å². The van der Waals surface area contributed by atoms with Gasteiger partial charge in [0.05, 0.1) is 17.7 Å². The number of halogens is 4.